The van der Waals surface area contributed by atoms with Gasteiger partial charge in [-0.2, -0.15) is 5.10 Å². The Morgan fingerprint density at radius 3 is 2.52 bits per heavy atom. The summed E-state index contributed by atoms with van der Waals surface area (Å²) in [6, 6.07) is 0.105. The van der Waals surface area contributed by atoms with Gasteiger partial charge in [0.05, 0.1) is 11.8 Å². The summed E-state index contributed by atoms with van der Waals surface area (Å²) in [5.74, 6) is 0. The molecule has 0 amide bonds. The van der Waals surface area contributed by atoms with Crippen LogP contribution in [0.1, 0.15) is 58.4 Å². The minimum Gasteiger partial charge on any atom is -0.374 e. The first-order chi connectivity index (χ1) is 9.87. The second-order valence-corrected chi connectivity index (χ2v) is 7.33. The van der Waals surface area contributed by atoms with Crippen molar-refractivity contribution in [3.8, 4) is 0 Å². The average Bonchev–Trinajstić information content (AvgIpc) is 2.85. The van der Waals surface area contributed by atoms with Crippen molar-refractivity contribution in [2.24, 2.45) is 18.2 Å². The van der Waals surface area contributed by atoms with Crippen LogP contribution < -0.4 is 5.73 Å². The molecule has 1 aromatic rings. The van der Waals surface area contributed by atoms with Crippen molar-refractivity contribution in [3.63, 3.8) is 0 Å². The molecule has 0 bridgehead atoms. The van der Waals surface area contributed by atoms with Crippen LogP contribution in [0.4, 0.5) is 0 Å². The minimum atomic E-state index is -0.119. The van der Waals surface area contributed by atoms with Crippen LogP contribution in [0.25, 0.3) is 0 Å². The summed E-state index contributed by atoms with van der Waals surface area (Å²) in [6.45, 7) is 7.53. The van der Waals surface area contributed by atoms with E-state index in [4.69, 9.17) is 10.5 Å². The molecule has 1 aliphatic carbocycles. The summed E-state index contributed by atoms with van der Waals surface area (Å²) in [5, 5.41) is 4.22. The van der Waals surface area contributed by atoms with Gasteiger partial charge in [0.2, 0.25) is 0 Å². The Labute approximate surface area is 129 Å². The van der Waals surface area contributed by atoms with E-state index in [1.807, 2.05) is 17.9 Å². The molecule has 2 N–H and O–H groups in total. The Morgan fingerprint density at radius 2 is 2.00 bits per heavy atom. The van der Waals surface area contributed by atoms with Gasteiger partial charge >= 0.3 is 0 Å². The van der Waals surface area contributed by atoms with E-state index in [2.05, 4.69) is 32.1 Å². The Hall–Kier alpha value is -0.870. The molecule has 0 aliphatic heterocycles. The molecule has 1 aliphatic rings. The molecule has 2 rings (SSSR count). The molecule has 1 aromatic heterocycles. The van der Waals surface area contributed by atoms with E-state index in [1.165, 1.54) is 18.4 Å². The second kappa shape index (κ2) is 6.49. The van der Waals surface area contributed by atoms with Crippen molar-refractivity contribution < 1.29 is 4.74 Å². The zero-order valence-corrected chi connectivity index (χ0v) is 14.1. The Balaban J connectivity index is 1.97. The van der Waals surface area contributed by atoms with Gasteiger partial charge in [-0.05, 0) is 56.4 Å². The standard InChI is InChI=1S/C17H31N3O/c1-5-21-17(10-8-16(2,3)9-11-17)15(18)7-6-14-12-19-20(4)13-14/h12-13,15H,5-11,18H2,1-4H3. The van der Waals surface area contributed by atoms with Crippen molar-refractivity contribution in [2.45, 2.75) is 70.9 Å². The highest BCUT2D eigenvalue weighted by molar-refractivity contribution is 5.06. The summed E-state index contributed by atoms with van der Waals surface area (Å²) in [4.78, 5) is 0. The average molecular weight is 293 g/mol. The lowest BCUT2D eigenvalue weighted by Gasteiger charge is -2.46. The molecule has 4 heteroatoms. The van der Waals surface area contributed by atoms with Crippen molar-refractivity contribution in [1.82, 2.24) is 9.78 Å². The van der Waals surface area contributed by atoms with E-state index in [0.29, 0.717) is 5.41 Å². The highest BCUT2D eigenvalue weighted by Crippen LogP contribution is 2.43. The SMILES string of the molecule is CCOC1(C(N)CCc2cnn(C)c2)CCC(C)(C)CC1. The molecule has 0 aromatic carbocycles. The number of ether oxygens (including phenoxy) is 1. The van der Waals surface area contributed by atoms with Crippen LogP contribution in [0.2, 0.25) is 0 Å². The maximum Gasteiger partial charge on any atom is 0.0833 e. The maximum absolute atomic E-state index is 6.56. The third-order valence-corrected chi connectivity index (χ3v) is 5.06. The second-order valence-electron chi connectivity index (χ2n) is 7.33. The summed E-state index contributed by atoms with van der Waals surface area (Å²) < 4.78 is 8.02. The molecule has 1 unspecified atom stereocenters. The van der Waals surface area contributed by atoms with Crippen LogP contribution in [0.3, 0.4) is 0 Å². The van der Waals surface area contributed by atoms with Crippen molar-refractivity contribution in [3.05, 3.63) is 18.0 Å². The molecule has 1 saturated carbocycles. The molecule has 4 nitrogen and oxygen atoms in total. The third-order valence-electron chi connectivity index (χ3n) is 5.06. The number of hydrogen-bond donors (Lipinski definition) is 1. The van der Waals surface area contributed by atoms with Gasteiger partial charge < -0.3 is 10.5 Å². The van der Waals surface area contributed by atoms with Crippen molar-refractivity contribution in [2.75, 3.05) is 6.61 Å². The molecule has 0 saturated heterocycles. The molecule has 1 heterocycles. The minimum absolute atomic E-state index is 0.105. The Kier molecular flexibility index (Phi) is 5.10. The van der Waals surface area contributed by atoms with E-state index in [1.54, 1.807) is 0 Å². The largest absolute Gasteiger partial charge is 0.374 e. The predicted molar refractivity (Wildman–Crippen MR) is 86.1 cm³/mol. The first-order valence-corrected chi connectivity index (χ1v) is 8.24. The van der Waals surface area contributed by atoms with Gasteiger partial charge in [0, 0.05) is 25.9 Å². The molecule has 120 valence electrons. The van der Waals surface area contributed by atoms with Gasteiger partial charge in [0.1, 0.15) is 0 Å². The van der Waals surface area contributed by atoms with Gasteiger partial charge in [-0.25, -0.2) is 0 Å². The van der Waals surface area contributed by atoms with Gasteiger partial charge in [-0.15, -0.1) is 0 Å². The van der Waals surface area contributed by atoms with Crippen LogP contribution in [0.5, 0.6) is 0 Å². The lowest BCUT2D eigenvalue weighted by molar-refractivity contribution is -0.100. The number of hydrogen-bond acceptors (Lipinski definition) is 3. The zero-order chi connectivity index (χ0) is 15.5. The number of aromatic nitrogens is 2. The summed E-state index contributed by atoms with van der Waals surface area (Å²) in [5.41, 5.74) is 8.14. The summed E-state index contributed by atoms with van der Waals surface area (Å²) >= 11 is 0. The normalized spacial score (nSPS) is 22.1. The smallest absolute Gasteiger partial charge is 0.0833 e. The number of rotatable bonds is 6. The number of nitrogens with zero attached hydrogens (tertiary/aromatic N) is 2. The van der Waals surface area contributed by atoms with E-state index >= 15 is 0 Å². The predicted octanol–water partition coefficient (Wildman–Crippen LogP) is 3.06. The van der Waals surface area contributed by atoms with Crippen LogP contribution in [0, 0.1) is 5.41 Å². The van der Waals surface area contributed by atoms with E-state index in [0.717, 1.165) is 32.3 Å². The lowest BCUT2D eigenvalue weighted by Crippen LogP contribution is -2.53. The molecule has 1 fully saturated rings. The quantitative estimate of drug-likeness (QED) is 0.877. The van der Waals surface area contributed by atoms with Crippen molar-refractivity contribution in [1.29, 1.82) is 0 Å². The van der Waals surface area contributed by atoms with E-state index in [9.17, 15) is 0 Å². The van der Waals surface area contributed by atoms with Crippen LogP contribution in [0.15, 0.2) is 12.4 Å². The molecule has 21 heavy (non-hydrogen) atoms. The fraction of sp³-hybridized carbons (Fsp3) is 0.824. The highest BCUT2D eigenvalue weighted by Gasteiger charge is 2.42. The monoisotopic (exact) mass is 293 g/mol. The lowest BCUT2D eigenvalue weighted by atomic mass is 9.68. The molecule has 1 atom stereocenters. The maximum atomic E-state index is 6.56. The number of nitrogens with two attached hydrogens (primary N) is 1. The molecule has 0 radical (unpaired) electrons. The summed E-state index contributed by atoms with van der Waals surface area (Å²) in [7, 11) is 1.95. The third kappa shape index (κ3) is 4.07. The fourth-order valence-corrected chi connectivity index (χ4v) is 3.45. The van der Waals surface area contributed by atoms with Gasteiger partial charge in [-0.1, -0.05) is 13.8 Å². The van der Waals surface area contributed by atoms with E-state index < -0.39 is 0 Å². The van der Waals surface area contributed by atoms with Crippen molar-refractivity contribution >= 4 is 0 Å². The van der Waals surface area contributed by atoms with Gasteiger partial charge in [0.25, 0.3) is 0 Å². The van der Waals surface area contributed by atoms with Crippen LogP contribution in [-0.2, 0) is 18.2 Å². The van der Waals surface area contributed by atoms with Crippen LogP contribution in [-0.4, -0.2) is 28.0 Å². The van der Waals surface area contributed by atoms with Gasteiger partial charge in [0.15, 0.2) is 0 Å². The Bertz CT molecular complexity index is 443. The first kappa shape index (κ1) is 16.5. The Morgan fingerprint density at radius 1 is 1.33 bits per heavy atom. The fourth-order valence-electron chi connectivity index (χ4n) is 3.45. The van der Waals surface area contributed by atoms with Gasteiger partial charge in [-0.3, -0.25) is 4.68 Å². The first-order valence-electron chi connectivity index (χ1n) is 8.24. The topological polar surface area (TPSA) is 53.1 Å². The molecular weight excluding hydrogens is 262 g/mol. The number of aryl methyl sites for hydroxylation is 2. The molecule has 0 spiro atoms. The molecular formula is C17H31N3O. The summed E-state index contributed by atoms with van der Waals surface area (Å²) in [6.07, 6.45) is 10.5. The van der Waals surface area contributed by atoms with Crippen LogP contribution >= 0.6 is 0 Å². The van der Waals surface area contributed by atoms with E-state index in [-0.39, 0.29) is 11.6 Å². The highest BCUT2D eigenvalue weighted by atomic mass is 16.5. The zero-order valence-electron chi connectivity index (χ0n) is 14.1.